The van der Waals surface area contributed by atoms with Gasteiger partial charge in [-0.05, 0) is 0 Å². The van der Waals surface area contributed by atoms with E-state index in [1.54, 1.807) is 0 Å². The van der Waals surface area contributed by atoms with Gasteiger partial charge in [-0.15, -0.1) is 0 Å². The lowest BCUT2D eigenvalue weighted by Crippen LogP contribution is -2.40. The van der Waals surface area contributed by atoms with E-state index in [0.717, 1.165) is 0 Å². The van der Waals surface area contributed by atoms with E-state index in [2.05, 4.69) is 0 Å². The summed E-state index contributed by atoms with van der Waals surface area (Å²) in [5.74, 6) is 0. The molecule has 1 unspecified atom stereocenters. The van der Waals surface area contributed by atoms with Crippen LogP contribution in [0.3, 0.4) is 0 Å². The average molecular weight is 132 g/mol. The summed E-state index contributed by atoms with van der Waals surface area (Å²) >= 11 is 0. The largest absolute Gasteiger partial charge is 0.465 e. The highest BCUT2D eigenvalue weighted by molar-refractivity contribution is 5.71. The van der Waals surface area contributed by atoms with Crippen molar-refractivity contribution in [3.8, 4) is 0 Å². The molecule has 0 bridgehead atoms. The lowest BCUT2D eigenvalue weighted by Gasteiger charge is -2.04. The first-order valence-corrected chi connectivity index (χ1v) is 2.35. The van der Waals surface area contributed by atoms with Crippen molar-refractivity contribution >= 4 is 12.4 Å². The van der Waals surface area contributed by atoms with Gasteiger partial charge < -0.3 is 21.0 Å². The Morgan fingerprint density at radius 3 is 2.56 bits per heavy atom. The number of rotatable bonds is 3. The Balaban J connectivity index is 3.55. The van der Waals surface area contributed by atoms with Crippen molar-refractivity contribution in [2.24, 2.45) is 5.73 Å². The summed E-state index contributed by atoms with van der Waals surface area (Å²) in [5, 5.41) is 9.92. The van der Waals surface area contributed by atoms with Gasteiger partial charge in [-0.1, -0.05) is 0 Å². The zero-order chi connectivity index (χ0) is 7.28. The number of hydrogen-bond acceptors (Lipinski definition) is 3. The van der Waals surface area contributed by atoms with Gasteiger partial charge in [0.15, 0.2) is 0 Å². The number of nitrogens with one attached hydrogen (secondary N) is 1. The Kier molecular flexibility index (Phi) is 3.38. The Morgan fingerprint density at radius 1 is 1.89 bits per heavy atom. The molecule has 0 heterocycles. The standard InChI is InChI=1S/C4H8N2O3/c5-1-3(2-7)6-4(8)9/h2-3,6H,1,5H2,(H,8,9). The van der Waals surface area contributed by atoms with Crippen LogP contribution in [0.4, 0.5) is 4.79 Å². The van der Waals surface area contributed by atoms with E-state index in [1.165, 1.54) is 0 Å². The minimum absolute atomic E-state index is 0.00417. The monoisotopic (exact) mass is 132 g/mol. The van der Waals surface area contributed by atoms with Gasteiger partial charge in [-0.3, -0.25) is 0 Å². The van der Waals surface area contributed by atoms with Crippen molar-refractivity contribution < 1.29 is 14.7 Å². The van der Waals surface area contributed by atoms with E-state index in [1.807, 2.05) is 5.32 Å². The normalized spacial score (nSPS) is 12.1. The summed E-state index contributed by atoms with van der Waals surface area (Å²) in [6.07, 6.45) is -0.786. The zero-order valence-corrected chi connectivity index (χ0v) is 4.70. The second-order valence-corrected chi connectivity index (χ2v) is 1.43. The van der Waals surface area contributed by atoms with Crippen molar-refractivity contribution in [3.05, 3.63) is 0 Å². The summed E-state index contributed by atoms with van der Waals surface area (Å²) < 4.78 is 0. The highest BCUT2D eigenvalue weighted by atomic mass is 16.4. The van der Waals surface area contributed by atoms with Crippen LogP contribution in [0.2, 0.25) is 0 Å². The fraction of sp³-hybridized carbons (Fsp3) is 0.500. The number of amides is 1. The third kappa shape index (κ3) is 3.48. The zero-order valence-electron chi connectivity index (χ0n) is 4.70. The van der Waals surface area contributed by atoms with Gasteiger partial charge in [-0.25, -0.2) is 4.79 Å². The molecular weight excluding hydrogens is 124 g/mol. The van der Waals surface area contributed by atoms with Crippen molar-refractivity contribution in [3.63, 3.8) is 0 Å². The highest BCUT2D eigenvalue weighted by Crippen LogP contribution is 1.71. The van der Waals surface area contributed by atoms with Crippen LogP contribution in [0.5, 0.6) is 0 Å². The molecule has 1 amide bonds. The van der Waals surface area contributed by atoms with Gasteiger partial charge in [0.05, 0.1) is 6.04 Å². The fourth-order valence-corrected chi connectivity index (χ4v) is 0.307. The van der Waals surface area contributed by atoms with Crippen LogP contribution in [0.15, 0.2) is 0 Å². The number of nitrogens with two attached hydrogens (primary N) is 1. The Bertz CT molecular complexity index is 114. The quantitative estimate of drug-likeness (QED) is 0.419. The van der Waals surface area contributed by atoms with Gasteiger partial charge in [0, 0.05) is 6.54 Å². The van der Waals surface area contributed by atoms with E-state index in [4.69, 9.17) is 10.8 Å². The number of carbonyl (C=O) groups excluding carboxylic acids is 1. The molecule has 5 nitrogen and oxygen atoms in total. The third-order valence-corrected chi connectivity index (χ3v) is 0.727. The molecule has 0 saturated heterocycles. The van der Waals surface area contributed by atoms with E-state index in [9.17, 15) is 9.59 Å². The first-order chi connectivity index (χ1) is 4.20. The van der Waals surface area contributed by atoms with Crippen LogP contribution < -0.4 is 11.1 Å². The fourth-order valence-electron chi connectivity index (χ4n) is 0.307. The van der Waals surface area contributed by atoms with E-state index in [0.29, 0.717) is 6.29 Å². The van der Waals surface area contributed by atoms with Gasteiger partial charge in [-0.2, -0.15) is 0 Å². The number of carboxylic acid groups (broad SMARTS) is 1. The predicted molar refractivity (Wildman–Crippen MR) is 30.1 cm³/mol. The van der Waals surface area contributed by atoms with Crippen LogP contribution in [-0.4, -0.2) is 30.1 Å². The minimum Gasteiger partial charge on any atom is -0.465 e. The Labute approximate surface area is 51.8 Å². The highest BCUT2D eigenvalue weighted by Gasteiger charge is 2.05. The van der Waals surface area contributed by atoms with Crippen molar-refractivity contribution in [2.75, 3.05) is 6.54 Å². The van der Waals surface area contributed by atoms with Crippen molar-refractivity contribution in [2.45, 2.75) is 6.04 Å². The first-order valence-electron chi connectivity index (χ1n) is 2.35. The van der Waals surface area contributed by atoms with E-state index in [-0.39, 0.29) is 6.54 Å². The molecule has 0 aromatic heterocycles. The van der Waals surface area contributed by atoms with Crippen LogP contribution in [0.25, 0.3) is 0 Å². The third-order valence-electron chi connectivity index (χ3n) is 0.727. The SMILES string of the molecule is NCC(C=O)NC(=O)O. The molecule has 4 N–H and O–H groups in total. The van der Waals surface area contributed by atoms with Crippen molar-refractivity contribution in [1.82, 2.24) is 5.32 Å². The topological polar surface area (TPSA) is 92.4 Å². The molecule has 0 saturated carbocycles. The van der Waals surface area contributed by atoms with Crippen LogP contribution >= 0.6 is 0 Å². The molecule has 0 radical (unpaired) electrons. The van der Waals surface area contributed by atoms with Gasteiger partial charge in [0.25, 0.3) is 0 Å². The molecule has 0 fully saturated rings. The molecule has 0 aromatic rings. The summed E-state index contributed by atoms with van der Waals surface area (Å²) in [4.78, 5) is 19.7. The van der Waals surface area contributed by atoms with Crippen LogP contribution in [-0.2, 0) is 4.79 Å². The van der Waals surface area contributed by atoms with Crippen LogP contribution in [0.1, 0.15) is 0 Å². The maximum atomic E-state index is 9.87. The van der Waals surface area contributed by atoms with Crippen LogP contribution in [0, 0.1) is 0 Å². The summed E-state index contributed by atoms with van der Waals surface area (Å²) in [6.45, 7) is -0.00417. The van der Waals surface area contributed by atoms with E-state index >= 15 is 0 Å². The smallest absolute Gasteiger partial charge is 0.405 e. The number of carbonyl (C=O) groups is 2. The van der Waals surface area contributed by atoms with Crippen molar-refractivity contribution in [1.29, 1.82) is 0 Å². The lowest BCUT2D eigenvalue weighted by atomic mass is 10.3. The molecule has 0 aliphatic rings. The number of hydrogen-bond donors (Lipinski definition) is 3. The minimum atomic E-state index is -1.24. The van der Waals surface area contributed by atoms with Gasteiger partial charge >= 0.3 is 6.09 Å². The predicted octanol–water partition coefficient (Wildman–Crippen LogP) is -1.22. The molecule has 9 heavy (non-hydrogen) atoms. The maximum Gasteiger partial charge on any atom is 0.405 e. The summed E-state index contributed by atoms with van der Waals surface area (Å²) in [6, 6.07) is -0.775. The van der Waals surface area contributed by atoms with Gasteiger partial charge in [0.2, 0.25) is 0 Å². The molecule has 5 heteroatoms. The molecule has 0 aliphatic heterocycles. The molecule has 1 atom stereocenters. The first kappa shape index (κ1) is 7.90. The molecule has 0 spiro atoms. The Morgan fingerprint density at radius 2 is 2.44 bits per heavy atom. The summed E-state index contributed by atoms with van der Waals surface area (Å²) in [7, 11) is 0. The summed E-state index contributed by atoms with van der Waals surface area (Å²) in [5.41, 5.74) is 4.97. The van der Waals surface area contributed by atoms with E-state index < -0.39 is 12.1 Å². The molecule has 0 aliphatic carbocycles. The average Bonchev–Trinajstić information content (AvgIpc) is 1.82. The molecule has 0 aromatic carbocycles. The second kappa shape index (κ2) is 3.85. The molecule has 0 rings (SSSR count). The lowest BCUT2D eigenvalue weighted by molar-refractivity contribution is -0.109. The van der Waals surface area contributed by atoms with Gasteiger partial charge in [0.1, 0.15) is 6.29 Å². The molecule has 52 valence electrons. The molecular formula is C4H8N2O3. The second-order valence-electron chi connectivity index (χ2n) is 1.43. The number of aldehydes is 1. The maximum absolute atomic E-state index is 9.87. The Hall–Kier alpha value is -1.10.